The van der Waals surface area contributed by atoms with E-state index in [0.717, 1.165) is 34.9 Å². The first-order valence-corrected chi connectivity index (χ1v) is 9.04. The average Bonchev–Trinajstić information content (AvgIpc) is 2.65. The molecule has 25 heavy (non-hydrogen) atoms. The van der Waals surface area contributed by atoms with Crippen LogP contribution in [0.5, 0.6) is 0 Å². The molecule has 0 radical (unpaired) electrons. The fraction of sp³-hybridized carbons (Fsp3) is 0.350. The molecule has 1 atom stereocenters. The molecule has 2 aromatic rings. The van der Waals surface area contributed by atoms with Crippen molar-refractivity contribution >= 4 is 23.3 Å². The van der Waals surface area contributed by atoms with E-state index >= 15 is 0 Å². The lowest BCUT2D eigenvalue weighted by atomic mass is 10.1. The highest BCUT2D eigenvalue weighted by atomic mass is 35.5. The molecule has 1 N–H and O–H groups in total. The van der Waals surface area contributed by atoms with E-state index in [9.17, 15) is 4.79 Å². The monoisotopic (exact) mass is 357 g/mol. The largest absolute Gasteiger partial charge is 0.368 e. The van der Waals surface area contributed by atoms with Gasteiger partial charge in [0, 0.05) is 36.9 Å². The molecule has 5 heteroatoms. The number of anilines is 1. The number of urea groups is 1. The van der Waals surface area contributed by atoms with E-state index in [1.54, 1.807) is 0 Å². The summed E-state index contributed by atoms with van der Waals surface area (Å²) in [7, 11) is 0. The molecule has 1 aliphatic rings. The number of nitrogens with one attached hydrogen (secondary N) is 1. The minimum atomic E-state index is -0.00109. The molecule has 1 fully saturated rings. The normalized spacial score (nSPS) is 15.8. The van der Waals surface area contributed by atoms with Crippen molar-refractivity contribution in [3.8, 4) is 0 Å². The second kappa shape index (κ2) is 7.79. The molecule has 2 amide bonds. The van der Waals surface area contributed by atoms with Gasteiger partial charge in [0.2, 0.25) is 0 Å². The van der Waals surface area contributed by atoms with Crippen LogP contribution in [0.1, 0.15) is 24.1 Å². The topological polar surface area (TPSA) is 35.6 Å². The molecule has 2 aromatic carbocycles. The Labute approximate surface area is 154 Å². The van der Waals surface area contributed by atoms with Crippen molar-refractivity contribution in [2.75, 3.05) is 31.1 Å². The fourth-order valence-electron chi connectivity index (χ4n) is 3.19. The van der Waals surface area contributed by atoms with Crippen molar-refractivity contribution < 1.29 is 4.79 Å². The first kappa shape index (κ1) is 17.6. The first-order chi connectivity index (χ1) is 12.1. The summed E-state index contributed by atoms with van der Waals surface area (Å²) in [5.41, 5.74) is 3.37. The number of carbonyl (C=O) groups excluding carboxylic acids is 1. The lowest BCUT2D eigenvalue weighted by Gasteiger charge is -2.37. The lowest BCUT2D eigenvalue weighted by molar-refractivity contribution is 0.191. The second-order valence-corrected chi connectivity index (χ2v) is 6.85. The van der Waals surface area contributed by atoms with Gasteiger partial charge < -0.3 is 15.1 Å². The van der Waals surface area contributed by atoms with E-state index in [4.69, 9.17) is 11.6 Å². The number of rotatable bonds is 3. The third-order valence-corrected chi connectivity index (χ3v) is 5.20. The maximum atomic E-state index is 12.5. The third-order valence-electron chi connectivity index (χ3n) is 4.79. The molecule has 1 heterocycles. The summed E-state index contributed by atoms with van der Waals surface area (Å²) in [6.45, 7) is 7.10. The summed E-state index contributed by atoms with van der Waals surface area (Å²) in [5.74, 6) is 0. The lowest BCUT2D eigenvalue weighted by Crippen LogP contribution is -2.52. The van der Waals surface area contributed by atoms with Crippen LogP contribution in [-0.2, 0) is 0 Å². The summed E-state index contributed by atoms with van der Waals surface area (Å²) >= 11 is 6.23. The Morgan fingerprint density at radius 2 is 1.72 bits per heavy atom. The molecule has 0 bridgehead atoms. The van der Waals surface area contributed by atoms with Crippen LogP contribution in [0.4, 0.5) is 10.5 Å². The number of halogens is 1. The van der Waals surface area contributed by atoms with Crippen LogP contribution in [0.25, 0.3) is 0 Å². The highest BCUT2D eigenvalue weighted by Gasteiger charge is 2.23. The second-order valence-electron chi connectivity index (χ2n) is 6.44. The van der Waals surface area contributed by atoms with Crippen LogP contribution < -0.4 is 10.2 Å². The molecule has 1 aliphatic heterocycles. The molecule has 0 spiro atoms. The molecule has 0 aliphatic carbocycles. The highest BCUT2D eigenvalue weighted by molar-refractivity contribution is 6.31. The van der Waals surface area contributed by atoms with Gasteiger partial charge in [0.15, 0.2) is 0 Å². The molecule has 3 rings (SSSR count). The van der Waals surface area contributed by atoms with Gasteiger partial charge in [-0.2, -0.15) is 0 Å². The minimum absolute atomic E-state index is 0.00109. The van der Waals surface area contributed by atoms with Gasteiger partial charge in [0.25, 0.3) is 0 Å². The highest BCUT2D eigenvalue weighted by Crippen LogP contribution is 2.27. The summed E-state index contributed by atoms with van der Waals surface area (Å²) in [6.07, 6.45) is 0. The molecule has 1 saturated heterocycles. The first-order valence-electron chi connectivity index (χ1n) is 8.66. The van der Waals surface area contributed by atoms with Gasteiger partial charge in [-0.1, -0.05) is 48.0 Å². The summed E-state index contributed by atoms with van der Waals surface area (Å²) in [6, 6.07) is 16.0. The van der Waals surface area contributed by atoms with Crippen molar-refractivity contribution in [1.82, 2.24) is 10.2 Å². The van der Waals surface area contributed by atoms with Crippen LogP contribution in [0.15, 0.2) is 48.5 Å². The minimum Gasteiger partial charge on any atom is -0.368 e. The Balaban J connectivity index is 1.57. The zero-order valence-electron chi connectivity index (χ0n) is 14.7. The smallest absolute Gasteiger partial charge is 0.317 e. The Bertz CT molecular complexity index is 727. The van der Waals surface area contributed by atoms with Gasteiger partial charge in [-0.25, -0.2) is 4.79 Å². The number of hydrogen-bond acceptors (Lipinski definition) is 2. The maximum absolute atomic E-state index is 12.5. The average molecular weight is 358 g/mol. The van der Waals surface area contributed by atoms with Crippen LogP contribution in [-0.4, -0.2) is 37.1 Å². The standard InChI is InChI=1S/C20H24ClN3O/c1-15-18(21)9-6-10-19(15)23-11-13-24(14-12-23)20(25)22-16(2)17-7-4-3-5-8-17/h3-10,16H,11-14H2,1-2H3,(H,22,25). The van der Waals surface area contributed by atoms with E-state index in [1.807, 2.05) is 61.2 Å². The van der Waals surface area contributed by atoms with E-state index in [-0.39, 0.29) is 12.1 Å². The van der Waals surface area contributed by atoms with Gasteiger partial charge in [0.1, 0.15) is 0 Å². The molecular weight excluding hydrogens is 334 g/mol. The van der Waals surface area contributed by atoms with Crippen LogP contribution >= 0.6 is 11.6 Å². The van der Waals surface area contributed by atoms with E-state index in [0.29, 0.717) is 13.1 Å². The maximum Gasteiger partial charge on any atom is 0.317 e. The SMILES string of the molecule is Cc1c(Cl)cccc1N1CCN(C(=O)NC(C)c2ccccc2)CC1. The van der Waals surface area contributed by atoms with Gasteiger partial charge in [-0.15, -0.1) is 0 Å². The Morgan fingerprint density at radius 3 is 2.40 bits per heavy atom. The molecular formula is C20H24ClN3O. The Kier molecular flexibility index (Phi) is 5.49. The van der Waals surface area contributed by atoms with E-state index < -0.39 is 0 Å². The number of piperazine rings is 1. The van der Waals surface area contributed by atoms with Crippen LogP contribution in [0, 0.1) is 6.92 Å². The zero-order chi connectivity index (χ0) is 17.8. The number of amides is 2. The number of nitrogens with zero attached hydrogens (tertiary/aromatic N) is 2. The van der Waals surface area contributed by atoms with Crippen molar-refractivity contribution in [3.63, 3.8) is 0 Å². The van der Waals surface area contributed by atoms with Crippen LogP contribution in [0.2, 0.25) is 5.02 Å². The van der Waals surface area contributed by atoms with Gasteiger partial charge >= 0.3 is 6.03 Å². The van der Waals surface area contributed by atoms with Gasteiger partial charge in [-0.05, 0) is 37.1 Å². The number of benzene rings is 2. The third kappa shape index (κ3) is 4.07. The van der Waals surface area contributed by atoms with Crippen molar-refractivity contribution in [2.24, 2.45) is 0 Å². The predicted molar refractivity (Wildman–Crippen MR) is 103 cm³/mol. The van der Waals surface area contributed by atoms with Gasteiger partial charge in [-0.3, -0.25) is 0 Å². The van der Waals surface area contributed by atoms with Crippen molar-refractivity contribution in [3.05, 3.63) is 64.7 Å². The summed E-state index contributed by atoms with van der Waals surface area (Å²) in [4.78, 5) is 16.7. The molecule has 0 saturated carbocycles. The fourth-order valence-corrected chi connectivity index (χ4v) is 3.36. The van der Waals surface area contributed by atoms with Crippen LogP contribution in [0.3, 0.4) is 0 Å². The Morgan fingerprint density at radius 1 is 1.04 bits per heavy atom. The Hall–Kier alpha value is -2.20. The van der Waals surface area contributed by atoms with E-state index in [2.05, 4.69) is 16.3 Å². The summed E-state index contributed by atoms with van der Waals surface area (Å²) in [5, 5.41) is 3.87. The summed E-state index contributed by atoms with van der Waals surface area (Å²) < 4.78 is 0. The molecule has 4 nitrogen and oxygen atoms in total. The van der Waals surface area contributed by atoms with Crippen molar-refractivity contribution in [2.45, 2.75) is 19.9 Å². The number of carbonyl (C=O) groups is 1. The molecule has 0 aromatic heterocycles. The zero-order valence-corrected chi connectivity index (χ0v) is 15.5. The molecule has 1 unspecified atom stereocenters. The molecule has 132 valence electrons. The predicted octanol–water partition coefficient (Wildman–Crippen LogP) is 4.24. The van der Waals surface area contributed by atoms with Gasteiger partial charge in [0.05, 0.1) is 6.04 Å². The van der Waals surface area contributed by atoms with Crippen molar-refractivity contribution in [1.29, 1.82) is 0 Å². The quantitative estimate of drug-likeness (QED) is 0.891. The number of hydrogen-bond donors (Lipinski definition) is 1. The van der Waals surface area contributed by atoms with E-state index in [1.165, 1.54) is 0 Å².